The van der Waals surface area contributed by atoms with Crippen LogP contribution in [0.3, 0.4) is 0 Å². The lowest BCUT2D eigenvalue weighted by molar-refractivity contribution is -0.146. The molecular weight excluding hydrogens is 230 g/mol. The Kier molecular flexibility index (Phi) is 4.35. The highest BCUT2D eigenvalue weighted by Gasteiger charge is 2.27. The van der Waals surface area contributed by atoms with Crippen LogP contribution in [-0.2, 0) is 11.3 Å². The lowest BCUT2D eigenvalue weighted by atomic mass is 10.1. The zero-order chi connectivity index (χ0) is 13.9. The molecule has 0 radical (unpaired) electrons. The van der Waals surface area contributed by atoms with Gasteiger partial charge in [-0.2, -0.15) is 0 Å². The molecule has 4 heteroatoms. The zero-order valence-electron chi connectivity index (χ0n) is 11.7. The monoisotopic (exact) mass is 251 g/mol. The number of amides is 1. The zero-order valence-corrected chi connectivity index (χ0v) is 11.7. The molecule has 0 saturated carbocycles. The average molecular weight is 251 g/mol. The van der Waals surface area contributed by atoms with Crippen LogP contribution in [0.5, 0.6) is 5.75 Å². The summed E-state index contributed by atoms with van der Waals surface area (Å²) in [6.07, 6.45) is 0. The quantitative estimate of drug-likeness (QED) is 0.886. The normalized spacial score (nSPS) is 11.2. The lowest BCUT2D eigenvalue weighted by Crippen LogP contribution is -2.42. The second kappa shape index (κ2) is 5.40. The summed E-state index contributed by atoms with van der Waals surface area (Å²) in [5.41, 5.74) is 0.698. The van der Waals surface area contributed by atoms with E-state index in [0.29, 0.717) is 6.54 Å². The molecule has 0 aromatic heterocycles. The molecule has 0 aliphatic rings. The first kappa shape index (κ1) is 14.5. The Morgan fingerprint density at radius 1 is 1.44 bits per heavy atom. The van der Waals surface area contributed by atoms with E-state index in [1.807, 2.05) is 25.1 Å². The van der Waals surface area contributed by atoms with Gasteiger partial charge in [-0.1, -0.05) is 12.1 Å². The van der Waals surface area contributed by atoms with Gasteiger partial charge in [-0.25, -0.2) is 0 Å². The molecule has 0 fully saturated rings. The van der Waals surface area contributed by atoms with Crippen molar-refractivity contribution < 1.29 is 14.6 Å². The third-order valence-electron chi connectivity index (χ3n) is 2.75. The van der Waals surface area contributed by atoms with E-state index in [0.717, 1.165) is 16.9 Å². The van der Waals surface area contributed by atoms with Crippen molar-refractivity contribution in [2.24, 2.45) is 0 Å². The maximum Gasteiger partial charge on any atom is 0.253 e. The number of carbonyl (C=O) groups is 1. The van der Waals surface area contributed by atoms with E-state index >= 15 is 0 Å². The first-order valence-corrected chi connectivity index (χ1v) is 5.87. The minimum atomic E-state index is -1.34. The van der Waals surface area contributed by atoms with Crippen LogP contribution in [0, 0.1) is 6.92 Å². The highest BCUT2D eigenvalue weighted by atomic mass is 16.5. The van der Waals surface area contributed by atoms with Gasteiger partial charge in [0, 0.05) is 13.6 Å². The van der Waals surface area contributed by atoms with Crippen LogP contribution in [0.1, 0.15) is 25.0 Å². The third-order valence-corrected chi connectivity index (χ3v) is 2.75. The van der Waals surface area contributed by atoms with Crippen LogP contribution in [0.25, 0.3) is 0 Å². The summed E-state index contributed by atoms with van der Waals surface area (Å²) in [5, 5.41) is 9.66. The molecule has 0 spiro atoms. The van der Waals surface area contributed by atoms with Crippen molar-refractivity contribution in [3.63, 3.8) is 0 Å². The Morgan fingerprint density at radius 3 is 2.50 bits per heavy atom. The number of aliphatic hydroxyl groups is 1. The van der Waals surface area contributed by atoms with Crippen molar-refractivity contribution in [1.29, 1.82) is 0 Å². The topological polar surface area (TPSA) is 49.8 Å². The van der Waals surface area contributed by atoms with Gasteiger partial charge >= 0.3 is 0 Å². The summed E-state index contributed by atoms with van der Waals surface area (Å²) < 4.78 is 5.19. The molecule has 0 saturated heterocycles. The summed E-state index contributed by atoms with van der Waals surface area (Å²) in [4.78, 5) is 13.3. The first-order chi connectivity index (χ1) is 8.25. The van der Waals surface area contributed by atoms with Crippen LogP contribution >= 0.6 is 0 Å². The predicted molar refractivity (Wildman–Crippen MR) is 70.5 cm³/mol. The van der Waals surface area contributed by atoms with Gasteiger partial charge in [0.05, 0.1) is 7.11 Å². The Balaban J connectivity index is 2.80. The Morgan fingerprint density at radius 2 is 2.06 bits per heavy atom. The molecule has 1 aromatic carbocycles. The van der Waals surface area contributed by atoms with Crippen LogP contribution in [0.15, 0.2) is 18.2 Å². The van der Waals surface area contributed by atoms with Gasteiger partial charge in [0.1, 0.15) is 11.4 Å². The second-order valence-electron chi connectivity index (χ2n) is 5.02. The molecule has 1 N–H and O–H groups in total. The van der Waals surface area contributed by atoms with E-state index in [4.69, 9.17) is 4.74 Å². The van der Waals surface area contributed by atoms with E-state index in [9.17, 15) is 9.90 Å². The van der Waals surface area contributed by atoms with Gasteiger partial charge in [-0.3, -0.25) is 4.79 Å². The molecule has 0 heterocycles. The third kappa shape index (κ3) is 3.47. The van der Waals surface area contributed by atoms with E-state index in [-0.39, 0.29) is 5.91 Å². The first-order valence-electron chi connectivity index (χ1n) is 5.87. The number of aryl methyl sites for hydroxylation is 1. The molecule has 0 bridgehead atoms. The number of benzene rings is 1. The Bertz CT molecular complexity index is 435. The van der Waals surface area contributed by atoms with E-state index in [2.05, 4.69) is 0 Å². The van der Waals surface area contributed by atoms with Crippen molar-refractivity contribution in [1.82, 2.24) is 4.90 Å². The van der Waals surface area contributed by atoms with Crippen LogP contribution in [-0.4, -0.2) is 35.7 Å². The van der Waals surface area contributed by atoms with E-state index in [1.165, 1.54) is 18.7 Å². The summed E-state index contributed by atoms with van der Waals surface area (Å²) in [7, 11) is 3.31. The fourth-order valence-electron chi connectivity index (χ4n) is 1.85. The number of hydrogen-bond acceptors (Lipinski definition) is 3. The van der Waals surface area contributed by atoms with Gasteiger partial charge in [0.15, 0.2) is 0 Å². The SMILES string of the molecule is COc1ccc(CN(C)C(=O)C(C)(C)O)cc1C. The summed E-state index contributed by atoms with van der Waals surface area (Å²) >= 11 is 0. The molecular formula is C14H21NO3. The number of hydrogen-bond donors (Lipinski definition) is 1. The number of likely N-dealkylation sites (N-methyl/N-ethyl adjacent to an activating group) is 1. The molecule has 18 heavy (non-hydrogen) atoms. The maximum atomic E-state index is 11.8. The molecule has 0 atom stereocenters. The minimum absolute atomic E-state index is 0.295. The van der Waals surface area contributed by atoms with Gasteiger partial charge in [0.25, 0.3) is 5.91 Å². The van der Waals surface area contributed by atoms with Crippen LogP contribution in [0.4, 0.5) is 0 Å². The summed E-state index contributed by atoms with van der Waals surface area (Å²) in [6.45, 7) is 5.41. The number of ether oxygens (including phenoxy) is 1. The second-order valence-corrected chi connectivity index (χ2v) is 5.02. The fourth-order valence-corrected chi connectivity index (χ4v) is 1.85. The van der Waals surface area contributed by atoms with E-state index < -0.39 is 5.60 Å². The van der Waals surface area contributed by atoms with E-state index in [1.54, 1.807) is 14.2 Å². The number of methoxy groups -OCH3 is 1. The van der Waals surface area contributed by atoms with Gasteiger partial charge in [0.2, 0.25) is 0 Å². The molecule has 1 rings (SSSR count). The molecule has 0 aliphatic carbocycles. The summed E-state index contributed by atoms with van der Waals surface area (Å²) in [6, 6.07) is 5.78. The fraction of sp³-hybridized carbons (Fsp3) is 0.500. The molecule has 0 unspecified atom stereocenters. The van der Waals surface area contributed by atoms with Crippen molar-refractivity contribution in [2.45, 2.75) is 32.9 Å². The van der Waals surface area contributed by atoms with Crippen molar-refractivity contribution in [3.05, 3.63) is 29.3 Å². The summed E-state index contributed by atoms with van der Waals surface area (Å²) in [5.74, 6) is 0.534. The largest absolute Gasteiger partial charge is 0.496 e. The van der Waals surface area contributed by atoms with Crippen molar-refractivity contribution in [3.8, 4) is 5.75 Å². The van der Waals surface area contributed by atoms with Crippen LogP contribution < -0.4 is 4.74 Å². The molecule has 4 nitrogen and oxygen atoms in total. The number of nitrogens with zero attached hydrogens (tertiary/aromatic N) is 1. The standard InChI is InChI=1S/C14H21NO3/c1-10-8-11(6-7-12(10)18-5)9-15(4)13(16)14(2,3)17/h6-8,17H,9H2,1-5H3. The molecule has 1 aromatic rings. The number of rotatable bonds is 4. The minimum Gasteiger partial charge on any atom is -0.496 e. The van der Waals surface area contributed by atoms with Gasteiger partial charge < -0.3 is 14.7 Å². The van der Waals surface area contributed by atoms with Crippen LogP contribution in [0.2, 0.25) is 0 Å². The predicted octanol–water partition coefficient (Wildman–Crippen LogP) is 1.73. The maximum absolute atomic E-state index is 11.8. The molecule has 0 aliphatic heterocycles. The smallest absolute Gasteiger partial charge is 0.253 e. The Hall–Kier alpha value is -1.55. The lowest BCUT2D eigenvalue weighted by Gasteiger charge is -2.25. The molecule has 100 valence electrons. The highest BCUT2D eigenvalue weighted by Crippen LogP contribution is 2.19. The van der Waals surface area contributed by atoms with Gasteiger partial charge in [-0.05, 0) is 38.0 Å². The van der Waals surface area contributed by atoms with Gasteiger partial charge in [-0.15, -0.1) is 0 Å². The molecule has 1 amide bonds. The highest BCUT2D eigenvalue weighted by molar-refractivity contribution is 5.83. The number of carbonyl (C=O) groups excluding carboxylic acids is 1. The van der Waals surface area contributed by atoms with Crippen molar-refractivity contribution >= 4 is 5.91 Å². The van der Waals surface area contributed by atoms with Crippen molar-refractivity contribution in [2.75, 3.05) is 14.2 Å². The average Bonchev–Trinajstić information content (AvgIpc) is 2.27. The Labute approximate surface area is 108 Å².